The Bertz CT molecular complexity index is 3710. The van der Waals surface area contributed by atoms with Gasteiger partial charge in [0, 0.05) is 56.5 Å². The zero-order valence-corrected chi connectivity index (χ0v) is 37.3. The van der Waals surface area contributed by atoms with Crippen LogP contribution < -0.4 is 26.1 Å². The minimum Gasteiger partial charge on any atom is -0.456 e. The summed E-state index contributed by atoms with van der Waals surface area (Å²) in [5.74, 6) is 2.63. The topological polar surface area (TPSA) is 68.8 Å². The molecule has 0 fully saturated rings. The maximum absolute atomic E-state index is 6.41. The average Bonchev–Trinajstić information content (AvgIpc) is 3.96. The molecule has 0 aliphatic carbocycles. The van der Waals surface area contributed by atoms with E-state index in [0.717, 1.165) is 66.5 Å². The molecule has 0 atom stereocenters. The van der Waals surface area contributed by atoms with Gasteiger partial charge in [-0.25, -0.2) is 15.0 Å². The van der Waals surface area contributed by atoms with Crippen molar-refractivity contribution in [3.05, 3.63) is 236 Å². The van der Waals surface area contributed by atoms with Crippen LogP contribution in [-0.4, -0.2) is 27.6 Å². The van der Waals surface area contributed by atoms with E-state index in [1.807, 2.05) is 24.4 Å². The number of aromatic nitrogens is 4. The molecule has 0 spiro atoms. The van der Waals surface area contributed by atoms with Gasteiger partial charge in [-0.05, 0) is 62.5 Å². The number of nitrogens with zero attached hydrogens (tertiary/aromatic N) is 4. The van der Waals surface area contributed by atoms with Crippen LogP contribution >= 0.6 is 0 Å². The lowest BCUT2D eigenvalue weighted by Gasteiger charge is -2.34. The van der Waals surface area contributed by atoms with Crippen molar-refractivity contribution in [2.75, 3.05) is 0 Å². The standard InChI is InChI=1S/C60H41N5OSi/c1-4-17-41(18-5-1)67(42-19-6-2-7-20-42,43-21-8-3-9-22-43)44-33-31-40(32-34-44)58-62-59(64-60(63-58)50-27-16-30-56-57(50)51-39-61-38-37-55(51)66-56)49-35-36-54(46-24-11-10-23-45(46)49)65-52-28-14-12-25-47(52)48-26-13-15-29-53(48)65/h1-38,61H,39H2. The second-order valence-corrected chi connectivity index (χ2v) is 20.9. The maximum Gasteiger partial charge on any atom is 0.179 e. The van der Waals surface area contributed by atoms with E-state index in [4.69, 9.17) is 19.4 Å². The van der Waals surface area contributed by atoms with Crippen LogP contribution in [0.3, 0.4) is 0 Å². The third-order valence-electron chi connectivity index (χ3n) is 13.5. The Morgan fingerprint density at radius 2 is 0.955 bits per heavy atom. The molecule has 7 heteroatoms. The number of para-hydroxylation sites is 2. The van der Waals surface area contributed by atoms with E-state index in [0.29, 0.717) is 24.0 Å². The Kier molecular flexibility index (Phi) is 9.14. The van der Waals surface area contributed by atoms with Gasteiger partial charge < -0.3 is 14.3 Å². The molecule has 0 amide bonds. The molecule has 1 aliphatic heterocycles. The lowest BCUT2D eigenvalue weighted by atomic mass is 10.0. The number of rotatable bonds is 8. The van der Waals surface area contributed by atoms with E-state index in [2.05, 4.69) is 216 Å². The molecule has 0 bridgehead atoms. The van der Waals surface area contributed by atoms with Gasteiger partial charge in [0.05, 0.1) is 16.7 Å². The molecule has 0 saturated heterocycles. The molecule has 0 unspecified atom stereocenters. The van der Waals surface area contributed by atoms with Crippen molar-refractivity contribution >= 4 is 78.4 Å². The van der Waals surface area contributed by atoms with Crippen molar-refractivity contribution < 1.29 is 4.42 Å². The van der Waals surface area contributed by atoms with E-state index in [1.165, 1.54) is 31.5 Å². The molecule has 1 aliphatic rings. The SMILES string of the molecule is C1=Cc2oc3cccc(-c4nc(-c5ccc([Si](c6ccccc6)(c6ccccc6)c6ccccc6)cc5)nc(-c5ccc(-n6c7ccccc7c7ccccc76)c6ccccc56)n4)c3c2CN1. The fraction of sp³-hybridized carbons (Fsp3) is 0.0167. The Morgan fingerprint density at radius 1 is 0.433 bits per heavy atom. The first-order valence-electron chi connectivity index (χ1n) is 22.7. The lowest BCUT2D eigenvalue weighted by Crippen LogP contribution is -2.74. The number of furan rings is 1. The molecular weight excluding hydrogens is 835 g/mol. The highest BCUT2D eigenvalue weighted by Crippen LogP contribution is 2.40. The van der Waals surface area contributed by atoms with Crippen LogP contribution in [-0.2, 0) is 6.54 Å². The van der Waals surface area contributed by atoms with Gasteiger partial charge in [0.25, 0.3) is 0 Å². The first-order chi connectivity index (χ1) is 33.2. The van der Waals surface area contributed by atoms with Crippen LogP contribution in [0.1, 0.15) is 11.3 Å². The average molecular weight is 876 g/mol. The van der Waals surface area contributed by atoms with Crippen LogP contribution in [0.15, 0.2) is 229 Å². The van der Waals surface area contributed by atoms with Crippen molar-refractivity contribution in [3.63, 3.8) is 0 Å². The summed E-state index contributed by atoms with van der Waals surface area (Å²) in [6.45, 7) is 0.646. The molecule has 6 nitrogen and oxygen atoms in total. The van der Waals surface area contributed by atoms with Crippen LogP contribution in [0.5, 0.6) is 0 Å². The summed E-state index contributed by atoms with van der Waals surface area (Å²) in [4.78, 5) is 16.1. The highest BCUT2D eigenvalue weighted by molar-refractivity contribution is 7.19. The van der Waals surface area contributed by atoms with Gasteiger partial charge in [0.1, 0.15) is 11.3 Å². The Morgan fingerprint density at radius 3 is 1.58 bits per heavy atom. The Labute approximate surface area is 388 Å². The second kappa shape index (κ2) is 15.8. The van der Waals surface area contributed by atoms with E-state index in [-0.39, 0.29) is 0 Å². The van der Waals surface area contributed by atoms with Crippen LogP contribution in [0.25, 0.3) is 89.5 Å². The van der Waals surface area contributed by atoms with E-state index >= 15 is 0 Å². The number of hydrogen-bond donors (Lipinski definition) is 1. The normalized spacial score (nSPS) is 12.5. The van der Waals surface area contributed by atoms with Crippen molar-refractivity contribution in [3.8, 4) is 39.9 Å². The molecule has 67 heavy (non-hydrogen) atoms. The molecule has 3 aromatic heterocycles. The van der Waals surface area contributed by atoms with Gasteiger partial charge in [0.2, 0.25) is 0 Å². The zero-order valence-electron chi connectivity index (χ0n) is 36.3. The first kappa shape index (κ1) is 38.8. The van der Waals surface area contributed by atoms with Crippen LogP contribution in [0, 0.1) is 0 Å². The largest absolute Gasteiger partial charge is 0.456 e. The third-order valence-corrected chi connectivity index (χ3v) is 18.3. The molecule has 9 aromatic carbocycles. The molecule has 13 rings (SSSR count). The lowest BCUT2D eigenvalue weighted by molar-refractivity contribution is 0.592. The first-order valence-corrected chi connectivity index (χ1v) is 24.7. The molecule has 316 valence electrons. The van der Waals surface area contributed by atoms with Crippen molar-refractivity contribution in [1.29, 1.82) is 0 Å². The van der Waals surface area contributed by atoms with E-state index in [1.54, 1.807) is 0 Å². The maximum atomic E-state index is 6.41. The van der Waals surface area contributed by atoms with Gasteiger partial charge in [-0.3, -0.25) is 0 Å². The molecular formula is C60H41N5OSi. The highest BCUT2D eigenvalue weighted by atomic mass is 28.3. The highest BCUT2D eigenvalue weighted by Gasteiger charge is 2.41. The molecule has 4 heterocycles. The fourth-order valence-electron chi connectivity index (χ4n) is 10.6. The van der Waals surface area contributed by atoms with E-state index < -0.39 is 8.07 Å². The summed E-state index contributed by atoms with van der Waals surface area (Å²) in [7, 11) is -2.76. The molecule has 0 saturated carbocycles. The van der Waals surface area contributed by atoms with Crippen molar-refractivity contribution in [2.45, 2.75) is 6.54 Å². The number of nitrogens with one attached hydrogen (secondary N) is 1. The van der Waals surface area contributed by atoms with Crippen LogP contribution in [0.2, 0.25) is 0 Å². The predicted molar refractivity (Wildman–Crippen MR) is 277 cm³/mol. The van der Waals surface area contributed by atoms with Crippen LogP contribution in [0.4, 0.5) is 0 Å². The minimum absolute atomic E-state index is 0.588. The molecule has 12 aromatic rings. The predicted octanol–water partition coefficient (Wildman–Crippen LogP) is 11.3. The molecule has 1 N–H and O–H groups in total. The summed E-state index contributed by atoms with van der Waals surface area (Å²) in [5.41, 5.74) is 8.04. The Hall–Kier alpha value is -8.65. The van der Waals surface area contributed by atoms with Gasteiger partial charge in [-0.15, -0.1) is 0 Å². The monoisotopic (exact) mass is 875 g/mol. The fourth-order valence-corrected chi connectivity index (χ4v) is 15.3. The quantitative estimate of drug-likeness (QED) is 0.122. The smallest absolute Gasteiger partial charge is 0.179 e. The van der Waals surface area contributed by atoms with Gasteiger partial charge in [0.15, 0.2) is 25.5 Å². The summed E-state index contributed by atoms with van der Waals surface area (Å²) < 4.78 is 8.79. The second-order valence-electron chi connectivity index (χ2n) is 17.1. The molecule has 0 radical (unpaired) electrons. The summed E-state index contributed by atoms with van der Waals surface area (Å²) in [6.07, 6.45) is 3.93. The zero-order chi connectivity index (χ0) is 44.3. The minimum atomic E-state index is -2.76. The Balaban J connectivity index is 1.03. The van der Waals surface area contributed by atoms with Crippen molar-refractivity contribution in [1.82, 2.24) is 24.8 Å². The summed E-state index contributed by atoms with van der Waals surface area (Å²) in [6, 6.07) is 78.5. The number of benzene rings is 9. The number of fused-ring (bicyclic) bond motifs is 7. The van der Waals surface area contributed by atoms with Gasteiger partial charge >= 0.3 is 0 Å². The van der Waals surface area contributed by atoms with E-state index in [9.17, 15) is 0 Å². The van der Waals surface area contributed by atoms with Crippen molar-refractivity contribution in [2.24, 2.45) is 0 Å². The number of hydrogen-bond acceptors (Lipinski definition) is 5. The summed E-state index contributed by atoms with van der Waals surface area (Å²) >= 11 is 0. The van der Waals surface area contributed by atoms with Gasteiger partial charge in [-0.1, -0.05) is 188 Å². The summed E-state index contributed by atoms with van der Waals surface area (Å²) in [5, 5.41) is 14.2. The third kappa shape index (κ3) is 6.20. The van der Waals surface area contributed by atoms with Gasteiger partial charge in [-0.2, -0.15) is 0 Å².